The summed E-state index contributed by atoms with van der Waals surface area (Å²) in [6.45, 7) is 4.64. The Kier molecular flexibility index (Phi) is 5.43. The second kappa shape index (κ2) is 6.92. The van der Waals surface area contributed by atoms with Crippen molar-refractivity contribution in [2.24, 2.45) is 5.73 Å². The van der Waals surface area contributed by atoms with Gasteiger partial charge < -0.3 is 10.6 Å². The normalized spacial score (nSPS) is 17.6. The first-order valence-electron chi connectivity index (χ1n) is 6.68. The SMILES string of the molecule is CC(C(N)=S)N1CCN(C(=O)c2c(Cl)cccc2Cl)CC1. The Morgan fingerprint density at radius 1 is 1.24 bits per heavy atom. The van der Waals surface area contributed by atoms with E-state index in [1.54, 1.807) is 23.1 Å². The molecule has 0 saturated carbocycles. The van der Waals surface area contributed by atoms with Gasteiger partial charge in [-0.15, -0.1) is 0 Å². The number of nitrogens with two attached hydrogens (primary N) is 1. The Morgan fingerprint density at radius 2 is 1.76 bits per heavy atom. The van der Waals surface area contributed by atoms with Crippen LogP contribution in [-0.4, -0.2) is 52.9 Å². The van der Waals surface area contributed by atoms with Gasteiger partial charge in [0.2, 0.25) is 0 Å². The van der Waals surface area contributed by atoms with Crippen LogP contribution in [0, 0.1) is 0 Å². The zero-order chi connectivity index (χ0) is 15.6. The molecule has 0 spiro atoms. The Balaban J connectivity index is 2.06. The second-order valence-corrected chi connectivity index (χ2v) is 6.29. The maximum atomic E-state index is 12.5. The van der Waals surface area contributed by atoms with Crippen molar-refractivity contribution in [1.82, 2.24) is 9.80 Å². The summed E-state index contributed by atoms with van der Waals surface area (Å²) in [7, 11) is 0. The van der Waals surface area contributed by atoms with Crippen LogP contribution < -0.4 is 5.73 Å². The molecule has 1 amide bonds. The summed E-state index contributed by atoms with van der Waals surface area (Å²) in [4.78, 5) is 16.9. The third-order valence-corrected chi connectivity index (χ3v) is 4.71. The summed E-state index contributed by atoms with van der Waals surface area (Å²) < 4.78 is 0. The molecule has 1 heterocycles. The van der Waals surface area contributed by atoms with Gasteiger partial charge in [0.25, 0.3) is 5.91 Å². The van der Waals surface area contributed by atoms with Gasteiger partial charge in [0.1, 0.15) is 0 Å². The number of hydrogen-bond acceptors (Lipinski definition) is 3. The summed E-state index contributed by atoms with van der Waals surface area (Å²) >= 11 is 17.2. The van der Waals surface area contributed by atoms with Crippen LogP contribution >= 0.6 is 35.4 Å². The minimum Gasteiger partial charge on any atom is -0.392 e. The van der Waals surface area contributed by atoms with Crippen LogP contribution in [-0.2, 0) is 0 Å². The van der Waals surface area contributed by atoms with Crippen molar-refractivity contribution in [3.63, 3.8) is 0 Å². The molecule has 1 aliphatic heterocycles. The molecule has 1 unspecified atom stereocenters. The van der Waals surface area contributed by atoms with Gasteiger partial charge in [-0.25, -0.2) is 0 Å². The van der Waals surface area contributed by atoms with Crippen molar-refractivity contribution >= 4 is 46.3 Å². The summed E-state index contributed by atoms with van der Waals surface area (Å²) in [5, 5.41) is 0.762. The summed E-state index contributed by atoms with van der Waals surface area (Å²) in [6, 6.07) is 5.11. The molecule has 1 aromatic rings. The maximum absolute atomic E-state index is 12.5. The van der Waals surface area contributed by atoms with E-state index in [2.05, 4.69) is 4.90 Å². The number of piperazine rings is 1. The maximum Gasteiger partial charge on any atom is 0.256 e. The third-order valence-electron chi connectivity index (χ3n) is 3.74. The first-order valence-corrected chi connectivity index (χ1v) is 7.85. The lowest BCUT2D eigenvalue weighted by atomic mass is 10.1. The van der Waals surface area contributed by atoms with Crippen molar-refractivity contribution in [3.05, 3.63) is 33.8 Å². The summed E-state index contributed by atoms with van der Waals surface area (Å²) in [5.74, 6) is -0.131. The van der Waals surface area contributed by atoms with Crippen LogP contribution in [0.3, 0.4) is 0 Å². The second-order valence-electron chi connectivity index (χ2n) is 5.00. The number of carbonyl (C=O) groups excluding carboxylic acids is 1. The summed E-state index contributed by atoms with van der Waals surface area (Å²) in [5.41, 5.74) is 6.04. The van der Waals surface area contributed by atoms with Crippen molar-refractivity contribution < 1.29 is 4.79 Å². The number of carbonyl (C=O) groups is 1. The number of hydrogen-bond donors (Lipinski definition) is 1. The van der Waals surface area contributed by atoms with E-state index in [4.69, 9.17) is 41.2 Å². The zero-order valence-corrected chi connectivity index (χ0v) is 14.0. The van der Waals surface area contributed by atoms with Gasteiger partial charge in [0, 0.05) is 26.2 Å². The third kappa shape index (κ3) is 3.66. The number of thiocarbonyl (C=S) groups is 1. The molecule has 1 saturated heterocycles. The van der Waals surface area contributed by atoms with Crippen LogP contribution in [0.5, 0.6) is 0 Å². The fourth-order valence-corrected chi connectivity index (χ4v) is 3.06. The van der Waals surface area contributed by atoms with Crippen molar-refractivity contribution in [2.45, 2.75) is 13.0 Å². The van der Waals surface area contributed by atoms with Crippen LogP contribution in [0.25, 0.3) is 0 Å². The lowest BCUT2D eigenvalue weighted by Gasteiger charge is -2.37. The van der Waals surface area contributed by atoms with E-state index in [1.807, 2.05) is 6.92 Å². The molecule has 1 atom stereocenters. The van der Waals surface area contributed by atoms with E-state index in [0.29, 0.717) is 33.7 Å². The van der Waals surface area contributed by atoms with Gasteiger partial charge >= 0.3 is 0 Å². The molecule has 1 aromatic carbocycles. The van der Waals surface area contributed by atoms with Crippen LogP contribution in [0.4, 0.5) is 0 Å². The number of amides is 1. The molecule has 21 heavy (non-hydrogen) atoms. The van der Waals surface area contributed by atoms with Gasteiger partial charge in [-0.05, 0) is 19.1 Å². The zero-order valence-electron chi connectivity index (χ0n) is 11.7. The standard InChI is InChI=1S/C14H17Cl2N3OS/c1-9(13(17)21)18-5-7-19(8-6-18)14(20)12-10(15)3-2-4-11(12)16/h2-4,9H,5-8H2,1H3,(H2,17,21). The average molecular weight is 346 g/mol. The highest BCUT2D eigenvalue weighted by atomic mass is 35.5. The predicted octanol–water partition coefficient (Wildman–Crippen LogP) is 2.43. The molecule has 0 radical (unpaired) electrons. The van der Waals surface area contributed by atoms with Gasteiger partial charge in [-0.2, -0.15) is 0 Å². The fourth-order valence-electron chi connectivity index (χ4n) is 2.35. The molecule has 2 rings (SSSR count). The Labute approximate surface area is 139 Å². The molecular formula is C14H17Cl2N3OS. The van der Waals surface area contributed by atoms with E-state index in [-0.39, 0.29) is 11.9 Å². The van der Waals surface area contributed by atoms with Crippen LogP contribution in [0.15, 0.2) is 18.2 Å². The Hall–Kier alpha value is -0.880. The van der Waals surface area contributed by atoms with Crippen LogP contribution in [0.1, 0.15) is 17.3 Å². The molecule has 1 aliphatic rings. The molecule has 0 aliphatic carbocycles. The quantitative estimate of drug-likeness (QED) is 0.854. The highest BCUT2D eigenvalue weighted by molar-refractivity contribution is 7.80. The number of nitrogens with zero attached hydrogens (tertiary/aromatic N) is 2. The van der Waals surface area contributed by atoms with Crippen molar-refractivity contribution in [1.29, 1.82) is 0 Å². The Bertz CT molecular complexity index is 539. The fraction of sp³-hybridized carbons (Fsp3) is 0.429. The van der Waals surface area contributed by atoms with Crippen LogP contribution in [0.2, 0.25) is 10.0 Å². The van der Waals surface area contributed by atoms with Gasteiger partial charge in [0.05, 0.1) is 26.6 Å². The lowest BCUT2D eigenvalue weighted by molar-refractivity contribution is 0.0622. The first-order chi connectivity index (χ1) is 9.91. The molecule has 1 fully saturated rings. The monoisotopic (exact) mass is 345 g/mol. The van der Waals surface area contributed by atoms with E-state index in [1.165, 1.54) is 0 Å². The number of benzene rings is 1. The molecule has 7 heteroatoms. The molecule has 0 aromatic heterocycles. The minimum atomic E-state index is -0.131. The van der Waals surface area contributed by atoms with Gasteiger partial charge in [-0.1, -0.05) is 41.5 Å². The summed E-state index contributed by atoms with van der Waals surface area (Å²) in [6.07, 6.45) is 0. The largest absolute Gasteiger partial charge is 0.392 e. The average Bonchev–Trinajstić information content (AvgIpc) is 2.46. The molecule has 4 nitrogen and oxygen atoms in total. The minimum absolute atomic E-state index is 0.0427. The molecular weight excluding hydrogens is 329 g/mol. The van der Waals surface area contributed by atoms with E-state index in [9.17, 15) is 4.79 Å². The first kappa shape index (κ1) is 16.5. The highest BCUT2D eigenvalue weighted by Crippen LogP contribution is 2.26. The molecule has 0 bridgehead atoms. The number of halogens is 2. The lowest BCUT2D eigenvalue weighted by Crippen LogP contribution is -2.54. The van der Waals surface area contributed by atoms with Gasteiger partial charge in [-0.3, -0.25) is 9.69 Å². The van der Waals surface area contributed by atoms with E-state index >= 15 is 0 Å². The highest BCUT2D eigenvalue weighted by Gasteiger charge is 2.27. The molecule has 2 N–H and O–H groups in total. The van der Waals surface area contributed by atoms with E-state index in [0.717, 1.165) is 13.1 Å². The van der Waals surface area contributed by atoms with Crippen molar-refractivity contribution in [2.75, 3.05) is 26.2 Å². The smallest absolute Gasteiger partial charge is 0.256 e. The molecule has 114 valence electrons. The Morgan fingerprint density at radius 3 is 2.24 bits per heavy atom. The topological polar surface area (TPSA) is 49.6 Å². The van der Waals surface area contributed by atoms with Gasteiger partial charge in [0.15, 0.2) is 0 Å². The van der Waals surface area contributed by atoms with Crippen molar-refractivity contribution in [3.8, 4) is 0 Å². The number of rotatable bonds is 3. The predicted molar refractivity (Wildman–Crippen MR) is 90.2 cm³/mol. The van der Waals surface area contributed by atoms with E-state index < -0.39 is 0 Å².